The summed E-state index contributed by atoms with van der Waals surface area (Å²) in [6, 6.07) is 0. The molecule has 0 radical (unpaired) electrons. The van der Waals surface area contributed by atoms with Crippen LogP contribution in [0.4, 0.5) is 0 Å². The van der Waals surface area contributed by atoms with E-state index in [9.17, 15) is 9.59 Å². The minimum atomic E-state index is -0.561. The van der Waals surface area contributed by atoms with Gasteiger partial charge >= 0.3 is 5.97 Å². The standard InChI is InChI=1S/C9H11Br2NO3/c1-15-9(14)7(11)6(10)8(13)12-4-2-3-5-12/h2-5H2,1H3/b7-6+. The predicted molar refractivity (Wildman–Crippen MR) is 62.7 cm³/mol. The highest BCUT2D eigenvalue weighted by Crippen LogP contribution is 2.23. The van der Waals surface area contributed by atoms with Crippen molar-refractivity contribution >= 4 is 43.7 Å². The summed E-state index contributed by atoms with van der Waals surface area (Å²) < 4.78 is 4.85. The number of likely N-dealkylation sites (tertiary alicyclic amines) is 1. The molecule has 0 aromatic carbocycles. The molecule has 15 heavy (non-hydrogen) atoms. The summed E-state index contributed by atoms with van der Waals surface area (Å²) in [6.45, 7) is 1.49. The number of hydrogen-bond donors (Lipinski definition) is 0. The fourth-order valence-electron chi connectivity index (χ4n) is 1.33. The van der Waals surface area contributed by atoms with Gasteiger partial charge in [0, 0.05) is 13.1 Å². The van der Waals surface area contributed by atoms with Gasteiger partial charge in [-0.1, -0.05) is 0 Å². The van der Waals surface area contributed by atoms with Crippen molar-refractivity contribution in [3.05, 3.63) is 8.96 Å². The molecule has 0 saturated carbocycles. The van der Waals surface area contributed by atoms with Gasteiger partial charge in [0.15, 0.2) is 0 Å². The number of amides is 1. The third kappa shape index (κ3) is 3.04. The van der Waals surface area contributed by atoms with E-state index in [-0.39, 0.29) is 14.9 Å². The van der Waals surface area contributed by atoms with Gasteiger partial charge in [-0.05, 0) is 44.7 Å². The fraction of sp³-hybridized carbons (Fsp3) is 0.556. The molecule has 4 nitrogen and oxygen atoms in total. The summed E-state index contributed by atoms with van der Waals surface area (Å²) in [5.74, 6) is -0.737. The van der Waals surface area contributed by atoms with Crippen LogP contribution in [0.2, 0.25) is 0 Å². The van der Waals surface area contributed by atoms with Crippen LogP contribution in [0.15, 0.2) is 8.96 Å². The van der Waals surface area contributed by atoms with Gasteiger partial charge in [0.25, 0.3) is 5.91 Å². The van der Waals surface area contributed by atoms with Crippen LogP contribution in [0.25, 0.3) is 0 Å². The molecule has 0 N–H and O–H groups in total. The van der Waals surface area contributed by atoms with E-state index < -0.39 is 5.97 Å². The summed E-state index contributed by atoms with van der Waals surface area (Å²) in [7, 11) is 1.27. The molecule has 0 bridgehead atoms. The van der Waals surface area contributed by atoms with E-state index in [0.29, 0.717) is 0 Å². The van der Waals surface area contributed by atoms with Gasteiger partial charge in [-0.15, -0.1) is 0 Å². The Labute approximate surface area is 105 Å². The Balaban J connectivity index is 2.77. The molecule has 0 aromatic rings. The summed E-state index contributed by atoms with van der Waals surface area (Å²) in [6.07, 6.45) is 2.03. The lowest BCUT2D eigenvalue weighted by molar-refractivity contribution is -0.135. The maximum absolute atomic E-state index is 11.8. The van der Waals surface area contributed by atoms with Crippen molar-refractivity contribution in [1.29, 1.82) is 0 Å². The molecule has 1 aliphatic rings. The van der Waals surface area contributed by atoms with Crippen molar-refractivity contribution in [2.24, 2.45) is 0 Å². The Morgan fingerprint density at radius 2 is 1.67 bits per heavy atom. The molecule has 1 amide bonds. The highest BCUT2D eigenvalue weighted by Gasteiger charge is 2.24. The van der Waals surface area contributed by atoms with Gasteiger partial charge in [-0.25, -0.2) is 4.79 Å². The van der Waals surface area contributed by atoms with Gasteiger partial charge in [0.1, 0.15) is 8.96 Å². The predicted octanol–water partition coefficient (Wildman–Crippen LogP) is 1.78. The summed E-state index contributed by atoms with van der Waals surface area (Å²) >= 11 is 6.13. The van der Waals surface area contributed by atoms with Gasteiger partial charge in [-0.2, -0.15) is 0 Å². The average molecular weight is 341 g/mol. The summed E-state index contributed by atoms with van der Waals surface area (Å²) in [5.41, 5.74) is 0. The van der Waals surface area contributed by atoms with Crippen molar-refractivity contribution in [2.45, 2.75) is 12.8 Å². The van der Waals surface area contributed by atoms with Crippen molar-refractivity contribution in [3.8, 4) is 0 Å². The van der Waals surface area contributed by atoms with Crippen LogP contribution in [0.3, 0.4) is 0 Å². The molecule has 1 aliphatic heterocycles. The van der Waals surface area contributed by atoms with Crippen LogP contribution >= 0.6 is 31.9 Å². The number of methoxy groups -OCH3 is 1. The third-order valence-corrected chi connectivity index (χ3v) is 4.13. The molecule has 84 valence electrons. The van der Waals surface area contributed by atoms with Crippen LogP contribution in [-0.4, -0.2) is 37.0 Å². The molecule has 0 spiro atoms. The molecular formula is C9H11Br2NO3. The second kappa shape index (κ2) is 5.65. The maximum atomic E-state index is 11.8. The number of rotatable bonds is 2. The smallest absolute Gasteiger partial charge is 0.346 e. The molecule has 0 aromatic heterocycles. The lowest BCUT2D eigenvalue weighted by Gasteiger charge is -2.14. The van der Waals surface area contributed by atoms with E-state index in [1.807, 2.05) is 0 Å². The molecule has 0 aliphatic carbocycles. The molecule has 1 rings (SSSR count). The van der Waals surface area contributed by atoms with Crippen molar-refractivity contribution in [1.82, 2.24) is 4.90 Å². The van der Waals surface area contributed by atoms with Crippen molar-refractivity contribution < 1.29 is 14.3 Å². The number of carbonyl (C=O) groups excluding carboxylic acids is 2. The van der Waals surface area contributed by atoms with E-state index in [4.69, 9.17) is 0 Å². The van der Waals surface area contributed by atoms with Crippen molar-refractivity contribution in [2.75, 3.05) is 20.2 Å². The highest BCUT2D eigenvalue weighted by molar-refractivity contribution is 9.14. The molecular weight excluding hydrogens is 330 g/mol. The SMILES string of the molecule is COC(=O)/C(Br)=C(\Br)C(=O)N1CCCC1. The van der Waals surface area contributed by atoms with Crippen molar-refractivity contribution in [3.63, 3.8) is 0 Å². The summed E-state index contributed by atoms with van der Waals surface area (Å²) in [5, 5.41) is 0. The highest BCUT2D eigenvalue weighted by atomic mass is 79.9. The van der Waals surface area contributed by atoms with Gasteiger partial charge in [0.2, 0.25) is 0 Å². The molecule has 0 atom stereocenters. The minimum Gasteiger partial charge on any atom is -0.465 e. The van der Waals surface area contributed by atoms with Crippen LogP contribution in [0, 0.1) is 0 Å². The Hall–Kier alpha value is -0.360. The first-order valence-corrected chi connectivity index (χ1v) is 6.09. The number of carbonyl (C=O) groups is 2. The number of hydrogen-bond acceptors (Lipinski definition) is 3. The Kier molecular flexibility index (Phi) is 4.79. The van der Waals surface area contributed by atoms with Gasteiger partial charge in [-0.3, -0.25) is 4.79 Å². The number of nitrogens with zero attached hydrogens (tertiary/aromatic N) is 1. The van der Waals surface area contributed by atoms with E-state index in [2.05, 4.69) is 36.6 Å². The minimum absolute atomic E-state index is 0.127. The lowest BCUT2D eigenvalue weighted by atomic mass is 10.4. The van der Waals surface area contributed by atoms with Crippen LogP contribution in [0.1, 0.15) is 12.8 Å². The van der Waals surface area contributed by atoms with Crippen LogP contribution in [0.5, 0.6) is 0 Å². The quantitative estimate of drug-likeness (QED) is 0.568. The average Bonchev–Trinajstić information content (AvgIpc) is 2.78. The Morgan fingerprint density at radius 1 is 1.13 bits per heavy atom. The van der Waals surface area contributed by atoms with E-state index in [1.165, 1.54) is 7.11 Å². The zero-order chi connectivity index (χ0) is 11.4. The van der Waals surface area contributed by atoms with E-state index in [1.54, 1.807) is 4.90 Å². The van der Waals surface area contributed by atoms with Gasteiger partial charge in [0.05, 0.1) is 7.11 Å². The second-order valence-electron chi connectivity index (χ2n) is 3.12. The normalized spacial score (nSPS) is 17.4. The molecule has 1 saturated heterocycles. The monoisotopic (exact) mass is 339 g/mol. The zero-order valence-corrected chi connectivity index (χ0v) is 11.4. The number of esters is 1. The van der Waals surface area contributed by atoms with E-state index in [0.717, 1.165) is 25.9 Å². The fourth-order valence-corrected chi connectivity index (χ4v) is 2.08. The number of halogens is 2. The largest absolute Gasteiger partial charge is 0.465 e. The second-order valence-corrected chi connectivity index (χ2v) is 4.70. The Bertz CT molecular complexity index is 308. The molecule has 1 fully saturated rings. The third-order valence-electron chi connectivity index (χ3n) is 2.14. The molecule has 1 heterocycles. The first kappa shape index (κ1) is 12.7. The first-order chi connectivity index (χ1) is 7.07. The zero-order valence-electron chi connectivity index (χ0n) is 8.26. The number of ether oxygens (including phenoxy) is 1. The van der Waals surface area contributed by atoms with Crippen LogP contribution in [-0.2, 0) is 14.3 Å². The molecule has 6 heteroatoms. The maximum Gasteiger partial charge on any atom is 0.346 e. The molecule has 0 unspecified atom stereocenters. The lowest BCUT2D eigenvalue weighted by Crippen LogP contribution is -2.28. The van der Waals surface area contributed by atoms with Crippen LogP contribution < -0.4 is 0 Å². The topological polar surface area (TPSA) is 46.6 Å². The summed E-state index contributed by atoms with van der Waals surface area (Å²) in [4.78, 5) is 24.6. The first-order valence-electron chi connectivity index (χ1n) is 4.50. The van der Waals surface area contributed by atoms with E-state index >= 15 is 0 Å². The van der Waals surface area contributed by atoms with Gasteiger partial charge < -0.3 is 9.64 Å². The Morgan fingerprint density at radius 3 is 2.13 bits per heavy atom.